The zero-order valence-electron chi connectivity index (χ0n) is 15.7. The lowest BCUT2D eigenvalue weighted by atomic mass is 10.1. The van der Waals surface area contributed by atoms with Crippen LogP contribution in [0.1, 0.15) is 5.56 Å². The molecule has 146 valence electrons. The number of nitrogens with one attached hydrogen (secondary N) is 2. The van der Waals surface area contributed by atoms with Gasteiger partial charge in [-0.1, -0.05) is 48.0 Å². The van der Waals surface area contributed by atoms with Crippen LogP contribution < -0.4 is 10.0 Å². The van der Waals surface area contributed by atoms with Crippen molar-refractivity contribution in [3.05, 3.63) is 89.8 Å². The van der Waals surface area contributed by atoms with E-state index in [0.29, 0.717) is 5.69 Å². The molecule has 1 aromatic heterocycles. The summed E-state index contributed by atoms with van der Waals surface area (Å²) in [6, 6.07) is 23.8. The zero-order chi connectivity index (χ0) is 20.3. The van der Waals surface area contributed by atoms with Gasteiger partial charge in [-0.2, -0.15) is 0 Å². The fraction of sp³-hybridized carbons (Fsp3) is 0.0455. The SMILES string of the molecule is Cc1ccc(S(=O)(=O)Nc2cccc(-c3csc(Nc4ccccc4)n3)c2)cc1. The highest BCUT2D eigenvalue weighted by Crippen LogP contribution is 2.29. The van der Waals surface area contributed by atoms with Gasteiger partial charge in [0.05, 0.1) is 10.6 Å². The fourth-order valence-electron chi connectivity index (χ4n) is 2.78. The van der Waals surface area contributed by atoms with Gasteiger partial charge in [-0.05, 0) is 43.3 Å². The van der Waals surface area contributed by atoms with Crippen LogP contribution in [0.2, 0.25) is 0 Å². The van der Waals surface area contributed by atoms with Crippen molar-refractivity contribution < 1.29 is 8.42 Å². The van der Waals surface area contributed by atoms with E-state index in [-0.39, 0.29) is 4.90 Å². The third-order valence-electron chi connectivity index (χ3n) is 4.27. The smallest absolute Gasteiger partial charge is 0.261 e. The van der Waals surface area contributed by atoms with Crippen molar-refractivity contribution in [2.75, 3.05) is 10.0 Å². The first-order valence-corrected chi connectivity index (χ1v) is 11.3. The largest absolute Gasteiger partial charge is 0.332 e. The van der Waals surface area contributed by atoms with Crippen LogP contribution in [0.3, 0.4) is 0 Å². The van der Waals surface area contributed by atoms with Gasteiger partial charge in [0.2, 0.25) is 0 Å². The maximum Gasteiger partial charge on any atom is 0.261 e. The molecule has 0 amide bonds. The van der Waals surface area contributed by atoms with Crippen LogP contribution in [0.4, 0.5) is 16.5 Å². The number of para-hydroxylation sites is 1. The molecular weight excluding hydrogens is 402 g/mol. The van der Waals surface area contributed by atoms with Crippen molar-refractivity contribution in [2.45, 2.75) is 11.8 Å². The quantitative estimate of drug-likeness (QED) is 0.421. The monoisotopic (exact) mass is 421 g/mol. The number of hydrogen-bond acceptors (Lipinski definition) is 5. The Morgan fingerprint density at radius 1 is 0.862 bits per heavy atom. The second-order valence-electron chi connectivity index (χ2n) is 6.53. The maximum absolute atomic E-state index is 12.6. The average molecular weight is 422 g/mol. The normalized spacial score (nSPS) is 11.2. The van der Waals surface area contributed by atoms with Crippen LogP contribution in [0.25, 0.3) is 11.3 Å². The Kier molecular flexibility index (Phi) is 5.33. The van der Waals surface area contributed by atoms with Crippen LogP contribution >= 0.6 is 11.3 Å². The summed E-state index contributed by atoms with van der Waals surface area (Å²) in [6.07, 6.45) is 0. The Hall–Kier alpha value is -3.16. The minimum Gasteiger partial charge on any atom is -0.332 e. The molecule has 4 aromatic rings. The molecule has 3 aromatic carbocycles. The van der Waals surface area contributed by atoms with E-state index in [2.05, 4.69) is 15.0 Å². The van der Waals surface area contributed by atoms with E-state index in [1.54, 1.807) is 36.4 Å². The first-order chi connectivity index (χ1) is 14.0. The van der Waals surface area contributed by atoms with E-state index in [1.807, 2.05) is 54.8 Å². The minimum atomic E-state index is -3.64. The number of thiazole rings is 1. The molecule has 0 bridgehead atoms. The van der Waals surface area contributed by atoms with E-state index in [4.69, 9.17) is 0 Å². The van der Waals surface area contributed by atoms with Crippen LogP contribution in [-0.2, 0) is 10.0 Å². The Balaban J connectivity index is 1.54. The number of benzene rings is 3. The molecule has 7 heteroatoms. The van der Waals surface area contributed by atoms with Crippen molar-refractivity contribution in [1.29, 1.82) is 0 Å². The van der Waals surface area contributed by atoms with Gasteiger partial charge in [0.25, 0.3) is 10.0 Å². The first kappa shape index (κ1) is 19.2. The second-order valence-corrected chi connectivity index (χ2v) is 9.07. The fourth-order valence-corrected chi connectivity index (χ4v) is 4.57. The van der Waals surface area contributed by atoms with Crippen molar-refractivity contribution in [3.8, 4) is 11.3 Å². The predicted molar refractivity (Wildman–Crippen MR) is 119 cm³/mol. The topological polar surface area (TPSA) is 71.1 Å². The summed E-state index contributed by atoms with van der Waals surface area (Å²) in [5.41, 5.74) is 4.09. The van der Waals surface area contributed by atoms with Crippen LogP contribution in [0, 0.1) is 6.92 Å². The van der Waals surface area contributed by atoms with Gasteiger partial charge < -0.3 is 5.32 Å². The summed E-state index contributed by atoms with van der Waals surface area (Å²) < 4.78 is 27.9. The first-order valence-electron chi connectivity index (χ1n) is 8.97. The van der Waals surface area contributed by atoms with Crippen LogP contribution in [-0.4, -0.2) is 13.4 Å². The van der Waals surface area contributed by atoms with E-state index < -0.39 is 10.0 Å². The highest BCUT2D eigenvalue weighted by atomic mass is 32.2. The molecule has 0 aliphatic heterocycles. The Morgan fingerprint density at radius 2 is 1.59 bits per heavy atom. The summed E-state index contributed by atoms with van der Waals surface area (Å²) >= 11 is 1.50. The summed E-state index contributed by atoms with van der Waals surface area (Å²) in [5, 5.41) is 5.99. The van der Waals surface area contributed by atoms with Crippen LogP contribution in [0.15, 0.2) is 89.1 Å². The Bertz CT molecular complexity index is 1220. The molecule has 0 spiro atoms. The van der Waals surface area contributed by atoms with E-state index in [0.717, 1.165) is 27.6 Å². The molecule has 0 aliphatic carbocycles. The number of anilines is 3. The predicted octanol–water partition coefficient (Wildman–Crippen LogP) is 5.66. The lowest BCUT2D eigenvalue weighted by Gasteiger charge is -2.09. The van der Waals surface area contributed by atoms with Crippen molar-refractivity contribution >= 4 is 37.9 Å². The summed E-state index contributed by atoms with van der Waals surface area (Å²) in [5.74, 6) is 0. The number of aryl methyl sites for hydroxylation is 1. The molecule has 1 heterocycles. The number of nitrogens with zero attached hydrogens (tertiary/aromatic N) is 1. The summed E-state index contributed by atoms with van der Waals surface area (Å²) in [4.78, 5) is 4.84. The molecule has 0 radical (unpaired) electrons. The van der Waals surface area contributed by atoms with Crippen LogP contribution in [0.5, 0.6) is 0 Å². The lowest BCUT2D eigenvalue weighted by molar-refractivity contribution is 0.601. The van der Waals surface area contributed by atoms with E-state index in [9.17, 15) is 8.42 Å². The number of aromatic nitrogens is 1. The molecule has 0 saturated heterocycles. The molecular formula is C22H19N3O2S2. The number of hydrogen-bond donors (Lipinski definition) is 2. The molecule has 5 nitrogen and oxygen atoms in total. The van der Waals surface area contributed by atoms with E-state index >= 15 is 0 Å². The number of sulfonamides is 1. The molecule has 0 saturated carbocycles. The minimum absolute atomic E-state index is 0.233. The van der Waals surface area contributed by atoms with Gasteiger partial charge >= 0.3 is 0 Å². The Labute approximate surface area is 174 Å². The highest BCUT2D eigenvalue weighted by Gasteiger charge is 2.14. The lowest BCUT2D eigenvalue weighted by Crippen LogP contribution is -2.12. The molecule has 29 heavy (non-hydrogen) atoms. The third kappa shape index (κ3) is 4.64. The average Bonchev–Trinajstić information content (AvgIpc) is 3.17. The molecule has 0 atom stereocenters. The van der Waals surface area contributed by atoms with Gasteiger partial charge in [-0.3, -0.25) is 4.72 Å². The zero-order valence-corrected chi connectivity index (χ0v) is 17.3. The Morgan fingerprint density at radius 3 is 2.34 bits per heavy atom. The van der Waals surface area contributed by atoms with Gasteiger partial charge in [0.1, 0.15) is 0 Å². The molecule has 0 aliphatic rings. The second kappa shape index (κ2) is 8.06. The molecule has 0 unspecified atom stereocenters. The molecule has 4 rings (SSSR count). The van der Waals surface area contributed by atoms with Gasteiger partial charge in [0.15, 0.2) is 5.13 Å². The van der Waals surface area contributed by atoms with Crippen molar-refractivity contribution in [2.24, 2.45) is 0 Å². The van der Waals surface area contributed by atoms with Gasteiger partial charge in [-0.15, -0.1) is 11.3 Å². The highest BCUT2D eigenvalue weighted by molar-refractivity contribution is 7.92. The van der Waals surface area contributed by atoms with Gasteiger partial charge in [0, 0.05) is 22.3 Å². The summed E-state index contributed by atoms with van der Waals surface area (Å²) in [7, 11) is -3.64. The third-order valence-corrected chi connectivity index (χ3v) is 6.43. The standard InChI is InChI=1S/C22H19N3O2S2/c1-16-10-12-20(13-11-16)29(26,27)25-19-9-5-6-17(14-19)21-15-28-22(24-21)23-18-7-3-2-4-8-18/h2-15,25H,1H3,(H,23,24). The molecule has 2 N–H and O–H groups in total. The summed E-state index contributed by atoms with van der Waals surface area (Å²) in [6.45, 7) is 1.92. The van der Waals surface area contributed by atoms with E-state index in [1.165, 1.54) is 11.3 Å². The van der Waals surface area contributed by atoms with Crippen molar-refractivity contribution in [1.82, 2.24) is 4.98 Å². The maximum atomic E-state index is 12.6. The number of rotatable bonds is 6. The van der Waals surface area contributed by atoms with Gasteiger partial charge in [-0.25, -0.2) is 13.4 Å². The van der Waals surface area contributed by atoms with Crippen molar-refractivity contribution in [3.63, 3.8) is 0 Å². The molecule has 0 fully saturated rings.